The third kappa shape index (κ3) is 3.22. The molecule has 1 heterocycles. The van der Waals surface area contributed by atoms with Crippen molar-refractivity contribution in [1.82, 2.24) is 10.6 Å². The van der Waals surface area contributed by atoms with E-state index in [4.69, 9.17) is 5.73 Å². The molecule has 0 radical (unpaired) electrons. The summed E-state index contributed by atoms with van der Waals surface area (Å²) >= 11 is 0. The SMILES string of the molecule is CC(C)C1(C(=O)NC(C)(C)CC(N)=O)CCNC1. The minimum Gasteiger partial charge on any atom is -0.370 e. The predicted octanol–water partition coefficient (Wildman–Crippen LogP) is 0.392. The Morgan fingerprint density at radius 2 is 2.06 bits per heavy atom. The average molecular weight is 255 g/mol. The molecular formula is C13H25N3O2. The van der Waals surface area contributed by atoms with Crippen LogP contribution in [0.25, 0.3) is 0 Å². The van der Waals surface area contributed by atoms with E-state index in [0.29, 0.717) is 6.54 Å². The van der Waals surface area contributed by atoms with Crippen LogP contribution in [0, 0.1) is 11.3 Å². The van der Waals surface area contributed by atoms with Crippen LogP contribution in [0.4, 0.5) is 0 Å². The Hall–Kier alpha value is -1.10. The molecule has 1 rings (SSSR count). The van der Waals surface area contributed by atoms with Crippen molar-refractivity contribution in [3.63, 3.8) is 0 Å². The van der Waals surface area contributed by atoms with Gasteiger partial charge < -0.3 is 16.4 Å². The van der Waals surface area contributed by atoms with Crippen molar-refractivity contribution >= 4 is 11.8 Å². The second-order valence-corrected chi connectivity index (χ2v) is 6.22. The Kier molecular flexibility index (Phi) is 4.37. The summed E-state index contributed by atoms with van der Waals surface area (Å²) in [6.45, 7) is 9.34. The van der Waals surface area contributed by atoms with Gasteiger partial charge in [0.15, 0.2) is 0 Å². The molecule has 5 nitrogen and oxygen atoms in total. The first kappa shape index (κ1) is 15.0. The molecule has 1 aliphatic rings. The van der Waals surface area contributed by atoms with Crippen LogP contribution in [-0.4, -0.2) is 30.4 Å². The number of primary amides is 1. The second kappa shape index (κ2) is 5.26. The first-order valence-electron chi connectivity index (χ1n) is 6.51. The summed E-state index contributed by atoms with van der Waals surface area (Å²) in [6.07, 6.45) is 0.990. The minimum absolute atomic E-state index is 0.0220. The molecule has 5 heteroatoms. The van der Waals surface area contributed by atoms with Crippen LogP contribution >= 0.6 is 0 Å². The van der Waals surface area contributed by atoms with Crippen LogP contribution in [0.1, 0.15) is 40.5 Å². The zero-order valence-corrected chi connectivity index (χ0v) is 11.8. The maximum atomic E-state index is 12.5. The van der Waals surface area contributed by atoms with E-state index in [2.05, 4.69) is 24.5 Å². The normalized spacial score (nSPS) is 24.3. The molecular weight excluding hydrogens is 230 g/mol. The number of rotatable bonds is 5. The molecule has 1 fully saturated rings. The standard InChI is InChI=1S/C13H25N3O2/c1-9(2)13(5-6-15-8-13)11(18)16-12(3,4)7-10(14)17/h9,15H,5-8H2,1-4H3,(H2,14,17)(H,16,18). The highest BCUT2D eigenvalue weighted by Crippen LogP contribution is 2.35. The van der Waals surface area contributed by atoms with Gasteiger partial charge in [-0.2, -0.15) is 0 Å². The lowest BCUT2D eigenvalue weighted by Crippen LogP contribution is -2.54. The van der Waals surface area contributed by atoms with Crippen molar-refractivity contribution in [3.05, 3.63) is 0 Å². The Labute approximate surface area is 109 Å². The number of nitrogens with one attached hydrogen (secondary N) is 2. The number of carbonyl (C=O) groups excluding carboxylic acids is 2. The van der Waals surface area contributed by atoms with Gasteiger partial charge in [-0.1, -0.05) is 13.8 Å². The minimum atomic E-state index is -0.590. The highest BCUT2D eigenvalue weighted by molar-refractivity contribution is 5.85. The monoisotopic (exact) mass is 255 g/mol. The lowest BCUT2D eigenvalue weighted by atomic mass is 9.75. The Morgan fingerprint density at radius 1 is 1.44 bits per heavy atom. The molecule has 0 aromatic carbocycles. The van der Waals surface area contributed by atoms with Gasteiger partial charge >= 0.3 is 0 Å². The summed E-state index contributed by atoms with van der Waals surface area (Å²) < 4.78 is 0. The molecule has 0 saturated carbocycles. The fraction of sp³-hybridized carbons (Fsp3) is 0.846. The molecule has 1 aliphatic heterocycles. The van der Waals surface area contributed by atoms with Gasteiger partial charge in [-0.05, 0) is 32.7 Å². The molecule has 4 N–H and O–H groups in total. The first-order valence-corrected chi connectivity index (χ1v) is 6.51. The largest absolute Gasteiger partial charge is 0.370 e. The van der Waals surface area contributed by atoms with Crippen molar-refractivity contribution in [2.45, 2.75) is 46.1 Å². The van der Waals surface area contributed by atoms with E-state index < -0.39 is 11.4 Å². The van der Waals surface area contributed by atoms with Gasteiger partial charge in [0.25, 0.3) is 0 Å². The second-order valence-electron chi connectivity index (χ2n) is 6.22. The Bertz CT molecular complexity index is 331. The molecule has 2 amide bonds. The van der Waals surface area contributed by atoms with Crippen molar-refractivity contribution in [1.29, 1.82) is 0 Å². The van der Waals surface area contributed by atoms with Crippen LogP contribution in [0.15, 0.2) is 0 Å². The summed E-state index contributed by atoms with van der Waals surface area (Å²) in [5.41, 5.74) is 4.24. The van der Waals surface area contributed by atoms with E-state index in [0.717, 1.165) is 13.0 Å². The van der Waals surface area contributed by atoms with Gasteiger partial charge in [-0.3, -0.25) is 9.59 Å². The van der Waals surface area contributed by atoms with Crippen molar-refractivity contribution in [2.24, 2.45) is 17.1 Å². The molecule has 0 aromatic rings. The summed E-state index contributed by atoms with van der Waals surface area (Å²) in [4.78, 5) is 23.5. The number of nitrogens with two attached hydrogens (primary N) is 1. The fourth-order valence-corrected chi connectivity index (χ4v) is 2.57. The van der Waals surface area contributed by atoms with Gasteiger partial charge in [0.05, 0.1) is 5.41 Å². The molecule has 104 valence electrons. The fourth-order valence-electron chi connectivity index (χ4n) is 2.57. The van der Waals surface area contributed by atoms with Gasteiger partial charge in [0, 0.05) is 18.5 Å². The van der Waals surface area contributed by atoms with Crippen LogP contribution in [0.2, 0.25) is 0 Å². The Morgan fingerprint density at radius 3 is 2.44 bits per heavy atom. The topological polar surface area (TPSA) is 84.2 Å². The summed E-state index contributed by atoms with van der Waals surface area (Å²) in [5.74, 6) is -0.117. The Balaban J connectivity index is 2.77. The molecule has 18 heavy (non-hydrogen) atoms. The highest BCUT2D eigenvalue weighted by Gasteiger charge is 2.45. The molecule has 1 atom stereocenters. The maximum Gasteiger partial charge on any atom is 0.228 e. The van der Waals surface area contributed by atoms with Crippen LogP contribution in [0.3, 0.4) is 0 Å². The summed E-state index contributed by atoms with van der Waals surface area (Å²) in [5, 5.41) is 6.22. The van der Waals surface area contributed by atoms with Crippen LogP contribution in [0.5, 0.6) is 0 Å². The molecule has 0 aliphatic carbocycles. The number of hydrogen-bond acceptors (Lipinski definition) is 3. The third-order valence-electron chi connectivity index (χ3n) is 3.81. The van der Waals surface area contributed by atoms with E-state index in [1.165, 1.54) is 0 Å². The number of amides is 2. The zero-order chi connectivity index (χ0) is 14.0. The summed E-state index contributed by atoms with van der Waals surface area (Å²) in [6, 6.07) is 0. The van der Waals surface area contributed by atoms with Crippen LogP contribution < -0.4 is 16.4 Å². The van der Waals surface area contributed by atoms with E-state index in [1.54, 1.807) is 0 Å². The molecule has 1 saturated heterocycles. The van der Waals surface area contributed by atoms with E-state index in [1.807, 2.05) is 13.8 Å². The lowest BCUT2D eigenvalue weighted by Gasteiger charge is -2.35. The van der Waals surface area contributed by atoms with Crippen molar-refractivity contribution in [2.75, 3.05) is 13.1 Å². The van der Waals surface area contributed by atoms with Gasteiger partial charge in [0.2, 0.25) is 11.8 Å². The average Bonchev–Trinajstić information content (AvgIpc) is 2.63. The highest BCUT2D eigenvalue weighted by atomic mass is 16.2. The molecule has 1 unspecified atom stereocenters. The smallest absolute Gasteiger partial charge is 0.228 e. The molecule has 0 bridgehead atoms. The quantitative estimate of drug-likeness (QED) is 0.664. The van der Waals surface area contributed by atoms with E-state index in [-0.39, 0.29) is 23.7 Å². The van der Waals surface area contributed by atoms with Crippen molar-refractivity contribution in [3.8, 4) is 0 Å². The van der Waals surface area contributed by atoms with Gasteiger partial charge in [-0.25, -0.2) is 0 Å². The van der Waals surface area contributed by atoms with Crippen molar-refractivity contribution < 1.29 is 9.59 Å². The predicted molar refractivity (Wildman–Crippen MR) is 70.8 cm³/mol. The number of hydrogen-bond donors (Lipinski definition) is 3. The van der Waals surface area contributed by atoms with E-state index >= 15 is 0 Å². The third-order valence-corrected chi connectivity index (χ3v) is 3.81. The van der Waals surface area contributed by atoms with Crippen LogP contribution in [-0.2, 0) is 9.59 Å². The zero-order valence-electron chi connectivity index (χ0n) is 11.8. The number of carbonyl (C=O) groups is 2. The van der Waals surface area contributed by atoms with Gasteiger partial charge in [0.1, 0.15) is 0 Å². The molecule has 0 spiro atoms. The molecule has 0 aromatic heterocycles. The maximum absolute atomic E-state index is 12.5. The van der Waals surface area contributed by atoms with Gasteiger partial charge in [-0.15, -0.1) is 0 Å². The van der Waals surface area contributed by atoms with E-state index in [9.17, 15) is 9.59 Å². The first-order chi connectivity index (χ1) is 8.19. The lowest BCUT2D eigenvalue weighted by molar-refractivity contribution is -0.134. The summed E-state index contributed by atoms with van der Waals surface area (Å²) in [7, 11) is 0.